The van der Waals surface area contributed by atoms with Gasteiger partial charge in [0, 0.05) is 23.9 Å². The van der Waals surface area contributed by atoms with Crippen LogP contribution in [0, 0.1) is 0 Å². The second-order valence-corrected chi connectivity index (χ2v) is 4.88. The van der Waals surface area contributed by atoms with Crippen LogP contribution in [0.1, 0.15) is 23.0 Å². The van der Waals surface area contributed by atoms with Crippen molar-refractivity contribution < 1.29 is 9.21 Å². The Bertz CT molecular complexity index is 367. The van der Waals surface area contributed by atoms with Crippen LogP contribution in [-0.2, 0) is 6.54 Å². The zero-order valence-corrected chi connectivity index (χ0v) is 11.2. The standard InChI is InChI=1S/C11H19N3O2S/c1-8(7-17-3)14(2)6-9-4-5-16-10(9)11(15)13-12/h4-5,8H,6-7,12H2,1-3H3,(H,13,15). The second-order valence-electron chi connectivity index (χ2n) is 3.97. The van der Waals surface area contributed by atoms with Gasteiger partial charge in [0.05, 0.1) is 6.26 Å². The Morgan fingerprint density at radius 2 is 2.41 bits per heavy atom. The second kappa shape index (κ2) is 6.68. The molecule has 1 atom stereocenters. The van der Waals surface area contributed by atoms with Crippen molar-refractivity contribution in [2.75, 3.05) is 19.1 Å². The van der Waals surface area contributed by atoms with Gasteiger partial charge in [0.25, 0.3) is 0 Å². The molecular weight excluding hydrogens is 238 g/mol. The maximum Gasteiger partial charge on any atom is 0.301 e. The summed E-state index contributed by atoms with van der Waals surface area (Å²) < 4.78 is 5.13. The number of rotatable bonds is 6. The monoisotopic (exact) mass is 257 g/mol. The summed E-state index contributed by atoms with van der Waals surface area (Å²) in [5.74, 6) is 6.04. The Hall–Kier alpha value is -0.980. The summed E-state index contributed by atoms with van der Waals surface area (Å²) in [6.45, 7) is 2.82. The first-order chi connectivity index (χ1) is 8.10. The Labute approximate surface area is 106 Å². The highest BCUT2D eigenvalue weighted by Gasteiger charge is 2.17. The number of carbonyl (C=O) groups is 1. The molecule has 17 heavy (non-hydrogen) atoms. The Kier molecular flexibility index (Phi) is 5.54. The summed E-state index contributed by atoms with van der Waals surface area (Å²) in [6.07, 6.45) is 3.59. The number of amides is 1. The summed E-state index contributed by atoms with van der Waals surface area (Å²) >= 11 is 1.80. The van der Waals surface area contributed by atoms with Crippen LogP contribution in [0.25, 0.3) is 0 Å². The molecule has 0 aliphatic carbocycles. The first kappa shape index (κ1) is 14.1. The largest absolute Gasteiger partial charge is 0.459 e. The summed E-state index contributed by atoms with van der Waals surface area (Å²) in [7, 11) is 2.03. The number of furan rings is 1. The summed E-state index contributed by atoms with van der Waals surface area (Å²) in [6, 6.07) is 2.24. The number of hydrazine groups is 1. The van der Waals surface area contributed by atoms with Gasteiger partial charge in [-0.2, -0.15) is 11.8 Å². The highest BCUT2D eigenvalue weighted by atomic mass is 32.2. The van der Waals surface area contributed by atoms with Gasteiger partial charge >= 0.3 is 5.91 Å². The van der Waals surface area contributed by atoms with Gasteiger partial charge in [-0.25, -0.2) is 5.84 Å². The molecule has 0 saturated heterocycles. The van der Waals surface area contributed by atoms with Gasteiger partial charge in [-0.05, 0) is 26.3 Å². The summed E-state index contributed by atoms with van der Waals surface area (Å²) in [4.78, 5) is 13.6. The number of hydrogen-bond donors (Lipinski definition) is 2. The van der Waals surface area contributed by atoms with Crippen LogP contribution in [0.15, 0.2) is 16.7 Å². The molecule has 96 valence electrons. The van der Waals surface area contributed by atoms with Crippen LogP contribution < -0.4 is 11.3 Å². The first-order valence-electron chi connectivity index (χ1n) is 5.36. The fourth-order valence-electron chi connectivity index (χ4n) is 1.52. The van der Waals surface area contributed by atoms with Crippen molar-refractivity contribution in [2.24, 2.45) is 5.84 Å². The molecule has 0 aliphatic rings. The minimum Gasteiger partial charge on any atom is -0.459 e. The zero-order valence-electron chi connectivity index (χ0n) is 10.4. The average molecular weight is 257 g/mol. The van der Waals surface area contributed by atoms with E-state index < -0.39 is 5.91 Å². The predicted molar refractivity (Wildman–Crippen MR) is 69.7 cm³/mol. The lowest BCUT2D eigenvalue weighted by molar-refractivity contribution is 0.0923. The maximum absolute atomic E-state index is 11.4. The number of nitrogen functional groups attached to an aromatic ring is 1. The molecule has 0 radical (unpaired) electrons. The Morgan fingerprint density at radius 1 is 1.71 bits per heavy atom. The highest BCUT2D eigenvalue weighted by molar-refractivity contribution is 7.98. The van der Waals surface area contributed by atoms with Gasteiger partial charge in [-0.3, -0.25) is 15.1 Å². The molecule has 0 spiro atoms. The van der Waals surface area contributed by atoms with Crippen LogP contribution in [0.4, 0.5) is 0 Å². The minimum atomic E-state index is -0.393. The van der Waals surface area contributed by atoms with Crippen LogP contribution in [0.2, 0.25) is 0 Å². The van der Waals surface area contributed by atoms with Crippen molar-refractivity contribution in [1.29, 1.82) is 0 Å². The van der Waals surface area contributed by atoms with Crippen molar-refractivity contribution in [2.45, 2.75) is 19.5 Å². The van der Waals surface area contributed by atoms with Crippen molar-refractivity contribution in [1.82, 2.24) is 10.3 Å². The molecular formula is C11H19N3O2S. The van der Waals surface area contributed by atoms with E-state index in [-0.39, 0.29) is 5.76 Å². The fraction of sp³-hybridized carbons (Fsp3) is 0.545. The van der Waals surface area contributed by atoms with E-state index >= 15 is 0 Å². The van der Waals surface area contributed by atoms with Crippen LogP contribution in [0.5, 0.6) is 0 Å². The third-order valence-corrected chi connectivity index (χ3v) is 3.48. The van der Waals surface area contributed by atoms with Crippen molar-refractivity contribution in [3.8, 4) is 0 Å². The molecule has 1 aromatic heterocycles. The topological polar surface area (TPSA) is 71.5 Å². The molecule has 0 aromatic carbocycles. The number of nitrogens with one attached hydrogen (secondary N) is 1. The van der Waals surface area contributed by atoms with Crippen LogP contribution >= 0.6 is 11.8 Å². The number of carbonyl (C=O) groups excluding carboxylic acids is 1. The van der Waals surface area contributed by atoms with Gasteiger partial charge in [-0.1, -0.05) is 0 Å². The molecule has 1 amide bonds. The Balaban J connectivity index is 2.68. The molecule has 3 N–H and O–H groups in total. The number of nitrogens with zero attached hydrogens (tertiary/aromatic N) is 1. The van der Waals surface area contributed by atoms with Gasteiger partial charge in [0.1, 0.15) is 0 Å². The van der Waals surface area contributed by atoms with E-state index in [0.29, 0.717) is 12.6 Å². The molecule has 1 aromatic rings. The average Bonchev–Trinajstić information content (AvgIpc) is 2.76. The molecule has 1 unspecified atom stereocenters. The third kappa shape index (κ3) is 3.76. The van der Waals surface area contributed by atoms with Gasteiger partial charge in [-0.15, -0.1) is 0 Å². The number of thioether (sulfide) groups is 1. The molecule has 0 fully saturated rings. The van der Waals surface area contributed by atoms with E-state index in [4.69, 9.17) is 10.3 Å². The smallest absolute Gasteiger partial charge is 0.301 e. The van der Waals surface area contributed by atoms with Crippen molar-refractivity contribution >= 4 is 17.7 Å². The van der Waals surface area contributed by atoms with E-state index in [1.165, 1.54) is 6.26 Å². The van der Waals surface area contributed by atoms with Crippen LogP contribution in [0.3, 0.4) is 0 Å². The molecule has 0 bridgehead atoms. The third-order valence-electron chi connectivity index (χ3n) is 2.66. The lowest BCUT2D eigenvalue weighted by Crippen LogP contribution is -2.33. The SMILES string of the molecule is CSCC(C)N(C)Cc1ccoc1C(=O)NN. The molecule has 0 saturated carbocycles. The summed E-state index contributed by atoms with van der Waals surface area (Å²) in [5.41, 5.74) is 2.93. The Morgan fingerprint density at radius 3 is 3.00 bits per heavy atom. The molecule has 0 aliphatic heterocycles. The maximum atomic E-state index is 11.4. The number of nitrogens with two attached hydrogens (primary N) is 1. The van der Waals surface area contributed by atoms with Crippen molar-refractivity contribution in [3.05, 3.63) is 23.7 Å². The van der Waals surface area contributed by atoms with Gasteiger partial charge < -0.3 is 4.42 Å². The molecule has 5 nitrogen and oxygen atoms in total. The lowest BCUT2D eigenvalue weighted by atomic mass is 10.2. The predicted octanol–water partition coefficient (Wildman–Crippen LogP) is 1.07. The van der Waals surface area contributed by atoms with E-state index in [0.717, 1.165) is 11.3 Å². The summed E-state index contributed by atoms with van der Waals surface area (Å²) in [5, 5.41) is 0. The van der Waals surface area contributed by atoms with Gasteiger partial charge in [0.15, 0.2) is 5.76 Å². The zero-order chi connectivity index (χ0) is 12.8. The fourth-order valence-corrected chi connectivity index (χ4v) is 2.25. The van der Waals surface area contributed by atoms with Crippen LogP contribution in [-0.4, -0.2) is 35.9 Å². The molecule has 6 heteroatoms. The molecule has 1 heterocycles. The minimum absolute atomic E-state index is 0.288. The van der Waals surface area contributed by atoms with Gasteiger partial charge in [0.2, 0.25) is 0 Å². The van der Waals surface area contributed by atoms with E-state index in [2.05, 4.69) is 23.5 Å². The lowest BCUT2D eigenvalue weighted by Gasteiger charge is -2.23. The normalized spacial score (nSPS) is 12.8. The quantitative estimate of drug-likeness (QED) is 0.453. The first-order valence-corrected chi connectivity index (χ1v) is 6.76. The van der Waals surface area contributed by atoms with E-state index in [9.17, 15) is 4.79 Å². The van der Waals surface area contributed by atoms with Crippen molar-refractivity contribution in [3.63, 3.8) is 0 Å². The van der Waals surface area contributed by atoms with E-state index in [1.807, 2.05) is 7.05 Å². The number of hydrogen-bond acceptors (Lipinski definition) is 5. The van der Waals surface area contributed by atoms with E-state index in [1.54, 1.807) is 17.8 Å². The highest BCUT2D eigenvalue weighted by Crippen LogP contribution is 2.15. The molecule has 1 rings (SSSR count).